The van der Waals surface area contributed by atoms with Gasteiger partial charge < -0.3 is 10.6 Å². The molecule has 0 unspecified atom stereocenters. The van der Waals surface area contributed by atoms with Gasteiger partial charge in [0.15, 0.2) is 0 Å². The molecule has 1 aliphatic rings. The molecule has 0 heterocycles. The predicted molar refractivity (Wildman–Crippen MR) is 73.3 cm³/mol. The van der Waals surface area contributed by atoms with E-state index in [1.165, 1.54) is 0 Å². The van der Waals surface area contributed by atoms with E-state index < -0.39 is 0 Å². The summed E-state index contributed by atoms with van der Waals surface area (Å²) in [5, 5.41) is 15.0. The van der Waals surface area contributed by atoms with Gasteiger partial charge in [-0.05, 0) is 43.5 Å². The molecule has 0 spiro atoms. The van der Waals surface area contributed by atoms with Crippen LogP contribution < -0.4 is 10.6 Å². The van der Waals surface area contributed by atoms with Crippen LogP contribution in [-0.2, 0) is 11.3 Å². The van der Waals surface area contributed by atoms with Crippen LogP contribution in [0.25, 0.3) is 0 Å². The number of nitriles is 1. The predicted octanol–water partition coefficient (Wildman–Crippen LogP) is 1.71. The highest BCUT2D eigenvalue weighted by Crippen LogP contribution is 2.18. The molecular formula is C15H19N3O. The van der Waals surface area contributed by atoms with Gasteiger partial charge in [-0.1, -0.05) is 12.1 Å². The summed E-state index contributed by atoms with van der Waals surface area (Å²) >= 11 is 0. The Hall–Kier alpha value is -1.86. The largest absolute Gasteiger partial charge is 0.353 e. The number of nitrogens with one attached hydrogen (secondary N) is 2. The van der Waals surface area contributed by atoms with Crippen molar-refractivity contribution in [1.82, 2.24) is 10.6 Å². The van der Waals surface area contributed by atoms with Crippen LogP contribution in [0.2, 0.25) is 0 Å². The lowest BCUT2D eigenvalue weighted by molar-refractivity contribution is -0.121. The van der Waals surface area contributed by atoms with Gasteiger partial charge in [0.05, 0.1) is 11.6 Å². The van der Waals surface area contributed by atoms with Crippen molar-refractivity contribution in [2.45, 2.75) is 38.3 Å². The third kappa shape index (κ3) is 5.11. The number of rotatable bonds is 7. The third-order valence-electron chi connectivity index (χ3n) is 3.11. The maximum absolute atomic E-state index is 11.4. The Morgan fingerprint density at radius 1 is 1.32 bits per heavy atom. The Kier molecular flexibility index (Phi) is 4.93. The smallest absolute Gasteiger partial charge is 0.220 e. The molecule has 0 radical (unpaired) electrons. The molecule has 0 bridgehead atoms. The third-order valence-corrected chi connectivity index (χ3v) is 3.11. The summed E-state index contributed by atoms with van der Waals surface area (Å²) in [6.07, 6.45) is 3.73. The molecule has 0 aliphatic heterocycles. The molecule has 0 aromatic heterocycles. The van der Waals surface area contributed by atoms with Crippen molar-refractivity contribution in [3.05, 3.63) is 35.4 Å². The monoisotopic (exact) mass is 257 g/mol. The second kappa shape index (κ2) is 6.91. The summed E-state index contributed by atoms with van der Waals surface area (Å²) in [6, 6.07) is 10.1. The average Bonchev–Trinajstić information content (AvgIpc) is 3.23. The zero-order valence-corrected chi connectivity index (χ0v) is 11.0. The highest BCUT2D eigenvalue weighted by atomic mass is 16.1. The average molecular weight is 257 g/mol. The first-order chi connectivity index (χ1) is 9.28. The van der Waals surface area contributed by atoms with E-state index >= 15 is 0 Å². The van der Waals surface area contributed by atoms with Crippen molar-refractivity contribution in [3.8, 4) is 6.07 Å². The van der Waals surface area contributed by atoms with Crippen molar-refractivity contribution in [2.24, 2.45) is 0 Å². The zero-order valence-electron chi connectivity index (χ0n) is 11.0. The van der Waals surface area contributed by atoms with Crippen molar-refractivity contribution >= 4 is 5.91 Å². The molecule has 0 saturated heterocycles. The van der Waals surface area contributed by atoms with Crippen LogP contribution in [0.5, 0.6) is 0 Å². The van der Waals surface area contributed by atoms with Crippen LogP contribution in [0.1, 0.15) is 36.8 Å². The minimum Gasteiger partial charge on any atom is -0.353 e. The second-order valence-electron chi connectivity index (χ2n) is 4.93. The summed E-state index contributed by atoms with van der Waals surface area (Å²) in [7, 11) is 0. The van der Waals surface area contributed by atoms with Crippen LogP contribution in [0.15, 0.2) is 24.3 Å². The zero-order chi connectivity index (χ0) is 13.5. The Labute approximate surface area is 113 Å². The van der Waals surface area contributed by atoms with Gasteiger partial charge in [-0.3, -0.25) is 4.79 Å². The first-order valence-corrected chi connectivity index (χ1v) is 6.77. The molecule has 1 aromatic rings. The minimum absolute atomic E-state index is 0.169. The fraction of sp³-hybridized carbons (Fsp3) is 0.467. The van der Waals surface area contributed by atoms with E-state index in [4.69, 9.17) is 5.26 Å². The molecule has 1 amide bonds. The standard InChI is InChI=1S/C15H19N3O/c16-10-12-3-5-13(6-4-12)11-17-9-1-2-15(19)18-14-7-8-14/h3-6,14,17H,1-2,7-9,11H2,(H,18,19). The maximum Gasteiger partial charge on any atom is 0.220 e. The van der Waals surface area contributed by atoms with Crippen LogP contribution in [0, 0.1) is 11.3 Å². The summed E-state index contributed by atoms with van der Waals surface area (Å²) in [5.41, 5.74) is 1.84. The summed E-state index contributed by atoms with van der Waals surface area (Å²) in [4.78, 5) is 11.4. The van der Waals surface area contributed by atoms with E-state index in [1.54, 1.807) is 0 Å². The lowest BCUT2D eigenvalue weighted by Gasteiger charge is -2.05. The van der Waals surface area contributed by atoms with Crippen molar-refractivity contribution in [3.63, 3.8) is 0 Å². The Balaban J connectivity index is 1.55. The van der Waals surface area contributed by atoms with E-state index in [-0.39, 0.29) is 5.91 Å². The molecule has 1 saturated carbocycles. The van der Waals surface area contributed by atoms with Gasteiger partial charge in [0, 0.05) is 19.0 Å². The van der Waals surface area contributed by atoms with E-state index in [0.29, 0.717) is 18.0 Å². The van der Waals surface area contributed by atoms with Gasteiger partial charge in [-0.2, -0.15) is 5.26 Å². The lowest BCUT2D eigenvalue weighted by atomic mass is 10.1. The fourth-order valence-corrected chi connectivity index (χ4v) is 1.83. The molecule has 100 valence electrons. The number of benzene rings is 1. The Bertz CT molecular complexity index is 457. The van der Waals surface area contributed by atoms with Crippen LogP contribution >= 0.6 is 0 Å². The molecule has 19 heavy (non-hydrogen) atoms. The van der Waals surface area contributed by atoms with Crippen molar-refractivity contribution < 1.29 is 4.79 Å². The summed E-state index contributed by atoms with van der Waals surface area (Å²) in [6.45, 7) is 1.61. The quantitative estimate of drug-likeness (QED) is 0.731. The first-order valence-electron chi connectivity index (χ1n) is 6.77. The number of hydrogen-bond donors (Lipinski definition) is 2. The highest BCUT2D eigenvalue weighted by molar-refractivity contribution is 5.76. The van der Waals surface area contributed by atoms with Gasteiger partial charge in [0.25, 0.3) is 0 Å². The molecule has 4 nitrogen and oxygen atoms in total. The van der Waals surface area contributed by atoms with Gasteiger partial charge in [-0.15, -0.1) is 0 Å². The van der Waals surface area contributed by atoms with E-state index in [2.05, 4.69) is 16.7 Å². The molecular weight excluding hydrogens is 238 g/mol. The lowest BCUT2D eigenvalue weighted by Crippen LogP contribution is -2.26. The second-order valence-corrected chi connectivity index (χ2v) is 4.93. The van der Waals surface area contributed by atoms with Crippen LogP contribution in [0.3, 0.4) is 0 Å². The van der Waals surface area contributed by atoms with Gasteiger partial charge in [-0.25, -0.2) is 0 Å². The molecule has 4 heteroatoms. The highest BCUT2D eigenvalue weighted by Gasteiger charge is 2.22. The number of nitrogens with zero attached hydrogens (tertiary/aromatic N) is 1. The molecule has 0 atom stereocenters. The number of amides is 1. The summed E-state index contributed by atoms with van der Waals surface area (Å²) in [5.74, 6) is 0.169. The van der Waals surface area contributed by atoms with E-state index in [1.807, 2.05) is 24.3 Å². The summed E-state index contributed by atoms with van der Waals surface area (Å²) < 4.78 is 0. The van der Waals surface area contributed by atoms with Gasteiger partial charge >= 0.3 is 0 Å². The number of carbonyl (C=O) groups is 1. The Morgan fingerprint density at radius 3 is 2.68 bits per heavy atom. The maximum atomic E-state index is 11.4. The van der Waals surface area contributed by atoms with Crippen LogP contribution in [0.4, 0.5) is 0 Å². The van der Waals surface area contributed by atoms with Crippen molar-refractivity contribution in [2.75, 3.05) is 6.54 Å². The fourth-order valence-electron chi connectivity index (χ4n) is 1.83. The van der Waals surface area contributed by atoms with E-state index in [9.17, 15) is 4.79 Å². The van der Waals surface area contributed by atoms with Gasteiger partial charge in [0.1, 0.15) is 0 Å². The number of hydrogen-bond acceptors (Lipinski definition) is 3. The number of carbonyl (C=O) groups excluding carboxylic acids is 1. The normalized spacial score (nSPS) is 13.8. The Morgan fingerprint density at radius 2 is 2.05 bits per heavy atom. The molecule has 1 fully saturated rings. The molecule has 2 rings (SSSR count). The van der Waals surface area contributed by atoms with Crippen LogP contribution in [-0.4, -0.2) is 18.5 Å². The van der Waals surface area contributed by atoms with Gasteiger partial charge in [0.2, 0.25) is 5.91 Å². The molecule has 1 aliphatic carbocycles. The topological polar surface area (TPSA) is 64.9 Å². The molecule has 2 N–H and O–H groups in total. The minimum atomic E-state index is 0.169. The first kappa shape index (κ1) is 13.6. The SMILES string of the molecule is N#Cc1ccc(CNCCCC(=O)NC2CC2)cc1. The van der Waals surface area contributed by atoms with E-state index in [0.717, 1.165) is 37.9 Å². The van der Waals surface area contributed by atoms with Crippen molar-refractivity contribution in [1.29, 1.82) is 5.26 Å². The molecule has 1 aromatic carbocycles.